The number of hydrogen-bond acceptors (Lipinski definition) is 5. The van der Waals surface area contributed by atoms with Crippen LogP contribution in [0.2, 0.25) is 5.15 Å². The molecule has 3 aromatic rings. The van der Waals surface area contributed by atoms with Crippen molar-refractivity contribution in [2.24, 2.45) is 0 Å². The van der Waals surface area contributed by atoms with Crippen molar-refractivity contribution in [2.45, 2.75) is 45.4 Å². The molecule has 30 heavy (non-hydrogen) atoms. The van der Waals surface area contributed by atoms with Gasteiger partial charge in [0.05, 0.1) is 24.0 Å². The molecule has 0 spiro atoms. The highest BCUT2D eigenvalue weighted by Crippen LogP contribution is 2.33. The summed E-state index contributed by atoms with van der Waals surface area (Å²) >= 11 is 6.30. The number of fused-ring (bicyclic) bond motifs is 2. The van der Waals surface area contributed by atoms with Crippen molar-refractivity contribution in [2.75, 3.05) is 0 Å². The van der Waals surface area contributed by atoms with Crippen molar-refractivity contribution in [1.82, 2.24) is 9.55 Å². The number of esters is 1. The lowest BCUT2D eigenvalue weighted by Crippen LogP contribution is -2.32. The zero-order chi connectivity index (χ0) is 21.6. The molecule has 1 atom stereocenters. The second-order valence-electron chi connectivity index (χ2n) is 7.60. The third-order valence-corrected chi connectivity index (χ3v) is 5.96. The molecule has 0 amide bonds. The molecule has 1 aliphatic rings. The van der Waals surface area contributed by atoms with E-state index >= 15 is 0 Å². The molecular formula is C22H20ClFN2O4. The van der Waals surface area contributed by atoms with Crippen LogP contribution in [-0.4, -0.2) is 20.6 Å². The Bertz CT molecular complexity index is 1240. The van der Waals surface area contributed by atoms with Crippen LogP contribution in [0, 0.1) is 12.7 Å². The van der Waals surface area contributed by atoms with E-state index in [0.29, 0.717) is 27.6 Å². The van der Waals surface area contributed by atoms with Gasteiger partial charge >= 0.3 is 5.97 Å². The smallest absolute Gasteiger partial charge is 0.309 e. The van der Waals surface area contributed by atoms with Crippen molar-refractivity contribution in [3.05, 3.63) is 74.0 Å². The zero-order valence-corrected chi connectivity index (χ0v) is 17.3. The van der Waals surface area contributed by atoms with Crippen molar-refractivity contribution < 1.29 is 19.0 Å². The van der Waals surface area contributed by atoms with Crippen LogP contribution in [0.1, 0.15) is 42.0 Å². The zero-order valence-electron chi connectivity index (χ0n) is 16.5. The number of aromatic nitrogens is 2. The molecule has 1 N–H and O–H groups in total. The van der Waals surface area contributed by atoms with E-state index in [-0.39, 0.29) is 48.1 Å². The average Bonchev–Trinajstić information content (AvgIpc) is 2.83. The minimum Gasteiger partial charge on any atom is -0.460 e. The Hall–Kier alpha value is -2.77. The fourth-order valence-electron chi connectivity index (χ4n) is 3.80. The molecule has 0 radical (unpaired) electrons. The maximum Gasteiger partial charge on any atom is 0.309 e. The summed E-state index contributed by atoms with van der Waals surface area (Å²) in [6, 6.07) is 6.43. The summed E-state index contributed by atoms with van der Waals surface area (Å²) < 4.78 is 20.4. The molecule has 0 bridgehead atoms. The summed E-state index contributed by atoms with van der Waals surface area (Å²) in [5.41, 5.74) is 0.349. The van der Waals surface area contributed by atoms with Crippen molar-refractivity contribution in [1.29, 1.82) is 0 Å². The van der Waals surface area contributed by atoms with E-state index in [1.54, 1.807) is 38.2 Å². The van der Waals surface area contributed by atoms with E-state index in [1.165, 1.54) is 10.6 Å². The summed E-state index contributed by atoms with van der Waals surface area (Å²) in [7, 11) is 0. The molecule has 1 unspecified atom stereocenters. The van der Waals surface area contributed by atoms with Crippen molar-refractivity contribution >= 4 is 28.5 Å². The standard InChI is InChI=1S/C22H20ClFN2O4/c1-3-22(29)9-19(27)30-11-15-16(22)4-5-26(21(15)28)10-14-7-13-6-12(2)17(24)8-18(13)25-20(14)23/h4-8,29H,3,9-11H2,1-2H3. The first-order valence-corrected chi connectivity index (χ1v) is 9.95. The van der Waals surface area contributed by atoms with Crippen LogP contribution in [0.3, 0.4) is 0 Å². The number of ether oxygens (including phenoxy) is 1. The van der Waals surface area contributed by atoms with Gasteiger partial charge in [-0.15, -0.1) is 0 Å². The Morgan fingerprint density at radius 2 is 2.10 bits per heavy atom. The largest absolute Gasteiger partial charge is 0.460 e. The number of aryl methyl sites for hydroxylation is 1. The van der Waals surface area contributed by atoms with Gasteiger partial charge < -0.3 is 14.4 Å². The van der Waals surface area contributed by atoms with Gasteiger partial charge in [0.1, 0.15) is 23.2 Å². The predicted octanol–water partition coefficient (Wildman–Crippen LogP) is 3.59. The van der Waals surface area contributed by atoms with Crippen LogP contribution in [0.4, 0.5) is 4.39 Å². The molecule has 156 valence electrons. The maximum atomic E-state index is 13.8. The Balaban J connectivity index is 1.78. The van der Waals surface area contributed by atoms with E-state index < -0.39 is 11.6 Å². The number of pyridine rings is 2. The summed E-state index contributed by atoms with van der Waals surface area (Å²) in [5.74, 6) is -0.912. The summed E-state index contributed by atoms with van der Waals surface area (Å²) in [6.07, 6.45) is 1.64. The fourth-order valence-corrected chi connectivity index (χ4v) is 4.00. The monoisotopic (exact) mass is 430 g/mol. The molecule has 3 heterocycles. The topological polar surface area (TPSA) is 81.4 Å². The highest BCUT2D eigenvalue weighted by atomic mass is 35.5. The Kier molecular flexibility index (Phi) is 5.11. The maximum absolute atomic E-state index is 13.8. The molecule has 4 rings (SSSR count). The van der Waals surface area contributed by atoms with E-state index in [1.807, 2.05) is 0 Å². The minimum absolute atomic E-state index is 0.128. The first kappa shape index (κ1) is 20.5. The van der Waals surface area contributed by atoms with Gasteiger partial charge in [-0.25, -0.2) is 9.37 Å². The van der Waals surface area contributed by atoms with Crippen LogP contribution < -0.4 is 5.56 Å². The third kappa shape index (κ3) is 3.48. The van der Waals surface area contributed by atoms with Crippen molar-refractivity contribution in [3.63, 3.8) is 0 Å². The minimum atomic E-state index is -1.44. The van der Waals surface area contributed by atoms with Gasteiger partial charge in [-0.1, -0.05) is 18.5 Å². The average molecular weight is 431 g/mol. The molecule has 0 saturated carbocycles. The number of nitrogens with zero attached hydrogens (tertiary/aromatic N) is 2. The molecule has 6 nitrogen and oxygen atoms in total. The van der Waals surface area contributed by atoms with Gasteiger partial charge in [0.25, 0.3) is 5.56 Å². The quantitative estimate of drug-likeness (QED) is 0.507. The predicted molar refractivity (Wildman–Crippen MR) is 110 cm³/mol. The first-order chi connectivity index (χ1) is 14.2. The highest BCUT2D eigenvalue weighted by molar-refractivity contribution is 6.30. The third-order valence-electron chi connectivity index (χ3n) is 5.63. The molecule has 0 fully saturated rings. The lowest BCUT2D eigenvalue weighted by atomic mass is 9.86. The number of carbonyl (C=O) groups excluding carboxylic acids is 1. The van der Waals surface area contributed by atoms with Gasteiger partial charge in [0.2, 0.25) is 0 Å². The Morgan fingerprint density at radius 1 is 1.33 bits per heavy atom. The summed E-state index contributed by atoms with van der Waals surface area (Å²) in [6.45, 7) is 3.34. The lowest BCUT2D eigenvalue weighted by Gasteiger charge is -2.25. The molecule has 1 aliphatic heterocycles. The molecule has 0 saturated heterocycles. The van der Waals surface area contributed by atoms with Crippen LogP contribution >= 0.6 is 11.6 Å². The molecule has 0 aliphatic carbocycles. The van der Waals surface area contributed by atoms with Crippen LogP contribution in [0.15, 0.2) is 35.3 Å². The first-order valence-electron chi connectivity index (χ1n) is 9.58. The van der Waals surface area contributed by atoms with Crippen molar-refractivity contribution in [3.8, 4) is 0 Å². The second kappa shape index (κ2) is 7.49. The highest BCUT2D eigenvalue weighted by Gasteiger charge is 2.37. The molecule has 1 aromatic carbocycles. The lowest BCUT2D eigenvalue weighted by molar-refractivity contribution is -0.149. The normalized spacial score (nSPS) is 18.8. The van der Waals surface area contributed by atoms with Gasteiger partial charge in [0, 0.05) is 23.2 Å². The number of aliphatic hydroxyl groups is 1. The second-order valence-corrected chi connectivity index (χ2v) is 7.95. The van der Waals surface area contributed by atoms with E-state index in [2.05, 4.69) is 4.98 Å². The van der Waals surface area contributed by atoms with E-state index in [9.17, 15) is 19.1 Å². The number of rotatable bonds is 3. The van der Waals surface area contributed by atoms with Gasteiger partial charge in [-0.3, -0.25) is 9.59 Å². The fraction of sp³-hybridized carbons (Fsp3) is 0.318. The number of carbonyl (C=O) groups is 1. The molecule has 8 heteroatoms. The van der Waals surface area contributed by atoms with Gasteiger partial charge in [-0.05, 0) is 42.7 Å². The van der Waals surface area contributed by atoms with E-state index in [0.717, 1.165) is 0 Å². The van der Waals surface area contributed by atoms with Gasteiger partial charge in [-0.2, -0.15) is 0 Å². The van der Waals surface area contributed by atoms with Crippen LogP contribution in [-0.2, 0) is 28.3 Å². The number of benzene rings is 1. The van der Waals surface area contributed by atoms with Gasteiger partial charge in [0.15, 0.2) is 0 Å². The molecule has 2 aromatic heterocycles. The van der Waals surface area contributed by atoms with Crippen LogP contribution in [0.5, 0.6) is 0 Å². The summed E-state index contributed by atoms with van der Waals surface area (Å²) in [4.78, 5) is 29.2. The number of hydrogen-bond donors (Lipinski definition) is 1. The summed E-state index contributed by atoms with van der Waals surface area (Å²) in [5, 5.41) is 11.8. The number of cyclic esters (lactones) is 1. The molecular weight excluding hydrogens is 411 g/mol. The number of halogens is 2. The van der Waals surface area contributed by atoms with Crippen LogP contribution in [0.25, 0.3) is 10.9 Å². The SMILES string of the molecule is CCC1(O)CC(=O)OCc2c1ccn(Cc1cc3cc(C)c(F)cc3nc1Cl)c2=O. The van der Waals surface area contributed by atoms with E-state index in [4.69, 9.17) is 16.3 Å². The Morgan fingerprint density at radius 3 is 2.83 bits per heavy atom. The Labute approximate surface area is 176 Å².